The molecule has 0 aliphatic heterocycles. The zero-order valence-corrected chi connectivity index (χ0v) is 9.76. The fraction of sp³-hybridized carbons (Fsp3) is 0.462. The minimum atomic E-state index is 0.262. The van der Waals surface area contributed by atoms with Gasteiger partial charge in [0.1, 0.15) is 5.78 Å². The van der Waals surface area contributed by atoms with E-state index in [0.29, 0.717) is 6.42 Å². The van der Waals surface area contributed by atoms with Crippen molar-refractivity contribution in [3.8, 4) is 0 Å². The molecule has 0 radical (unpaired) electrons. The molecule has 0 aliphatic carbocycles. The van der Waals surface area contributed by atoms with Crippen LogP contribution in [-0.4, -0.2) is 12.3 Å². The van der Waals surface area contributed by atoms with E-state index in [1.54, 1.807) is 6.92 Å². The van der Waals surface area contributed by atoms with Crippen LogP contribution in [0.25, 0.3) is 0 Å². The van der Waals surface area contributed by atoms with Gasteiger partial charge in [0.05, 0.1) is 0 Å². The van der Waals surface area contributed by atoms with Crippen LogP contribution in [0.2, 0.25) is 0 Å². The van der Waals surface area contributed by atoms with Crippen LogP contribution in [0.15, 0.2) is 18.2 Å². The molecule has 0 unspecified atom stereocenters. The summed E-state index contributed by atoms with van der Waals surface area (Å²) >= 11 is 0. The summed E-state index contributed by atoms with van der Waals surface area (Å²) in [6.07, 6.45) is 1.57. The molecule has 0 saturated carbocycles. The molecule has 15 heavy (non-hydrogen) atoms. The Morgan fingerprint density at radius 2 is 2.07 bits per heavy atom. The van der Waals surface area contributed by atoms with E-state index in [-0.39, 0.29) is 5.78 Å². The maximum absolute atomic E-state index is 10.7. The third kappa shape index (κ3) is 4.15. The molecule has 0 aliphatic rings. The number of rotatable bonds is 5. The zero-order chi connectivity index (χ0) is 11.3. The zero-order valence-electron chi connectivity index (χ0n) is 9.76. The summed E-state index contributed by atoms with van der Waals surface area (Å²) in [6, 6.07) is 6.35. The smallest absolute Gasteiger partial charge is 0.129 e. The molecule has 0 atom stereocenters. The normalized spacial score (nSPS) is 10.1. The van der Waals surface area contributed by atoms with E-state index in [2.05, 4.69) is 37.4 Å². The molecule has 1 aromatic carbocycles. The summed E-state index contributed by atoms with van der Waals surface area (Å²) in [4.78, 5) is 10.7. The number of nitrogens with one attached hydrogen (secondary N) is 1. The molecule has 0 fully saturated rings. The molecular formula is C13H19NO. The van der Waals surface area contributed by atoms with Gasteiger partial charge in [0.2, 0.25) is 0 Å². The predicted molar refractivity (Wildman–Crippen MR) is 64.3 cm³/mol. The minimum absolute atomic E-state index is 0.262. The van der Waals surface area contributed by atoms with Gasteiger partial charge >= 0.3 is 0 Å². The van der Waals surface area contributed by atoms with Gasteiger partial charge < -0.3 is 10.1 Å². The maximum atomic E-state index is 10.7. The van der Waals surface area contributed by atoms with E-state index in [1.807, 2.05) is 0 Å². The molecule has 0 bridgehead atoms. The molecule has 2 nitrogen and oxygen atoms in total. The average Bonchev–Trinajstić information content (AvgIpc) is 2.14. The van der Waals surface area contributed by atoms with Crippen molar-refractivity contribution in [3.63, 3.8) is 0 Å². The molecule has 0 amide bonds. The lowest BCUT2D eigenvalue weighted by atomic mass is 10.1. The fourth-order valence-corrected chi connectivity index (χ4v) is 1.57. The number of ketones is 1. The summed E-state index contributed by atoms with van der Waals surface area (Å²) in [5.41, 5.74) is 3.71. The molecule has 0 aromatic heterocycles. The highest BCUT2D eigenvalue weighted by Gasteiger charge is 1.98. The summed E-state index contributed by atoms with van der Waals surface area (Å²) in [7, 11) is 0. The van der Waals surface area contributed by atoms with E-state index in [4.69, 9.17) is 0 Å². The Labute approximate surface area is 91.7 Å². The first-order valence-corrected chi connectivity index (χ1v) is 5.40. The number of carbonyl (C=O) groups excluding carboxylic acids is 1. The van der Waals surface area contributed by atoms with E-state index in [1.165, 1.54) is 16.8 Å². The van der Waals surface area contributed by atoms with E-state index in [9.17, 15) is 4.79 Å². The fourth-order valence-electron chi connectivity index (χ4n) is 1.57. The molecular weight excluding hydrogens is 186 g/mol. The highest BCUT2D eigenvalue weighted by atomic mass is 16.1. The molecule has 2 heteroatoms. The molecule has 1 aromatic rings. The average molecular weight is 205 g/mol. The Bertz CT molecular complexity index is 344. The number of aryl methyl sites for hydroxylation is 2. The van der Waals surface area contributed by atoms with Crippen molar-refractivity contribution in [2.45, 2.75) is 33.6 Å². The molecule has 82 valence electrons. The van der Waals surface area contributed by atoms with Gasteiger partial charge in [0, 0.05) is 18.7 Å². The first-order chi connectivity index (χ1) is 7.09. The lowest BCUT2D eigenvalue weighted by molar-refractivity contribution is -0.117. The first-order valence-electron chi connectivity index (χ1n) is 5.40. The van der Waals surface area contributed by atoms with Crippen LogP contribution in [0.3, 0.4) is 0 Å². The first kappa shape index (κ1) is 11.8. The van der Waals surface area contributed by atoms with Crippen LogP contribution < -0.4 is 5.32 Å². The second-order valence-corrected chi connectivity index (χ2v) is 4.05. The third-order valence-electron chi connectivity index (χ3n) is 2.40. The Morgan fingerprint density at radius 3 is 2.67 bits per heavy atom. The third-order valence-corrected chi connectivity index (χ3v) is 2.40. The lowest BCUT2D eigenvalue weighted by Gasteiger charge is -2.09. The number of benzene rings is 1. The van der Waals surface area contributed by atoms with Gasteiger partial charge in [0.25, 0.3) is 0 Å². The van der Waals surface area contributed by atoms with Gasteiger partial charge in [0.15, 0.2) is 0 Å². The Kier molecular flexibility index (Phi) is 4.35. The second-order valence-electron chi connectivity index (χ2n) is 4.05. The van der Waals surface area contributed by atoms with E-state index >= 15 is 0 Å². The van der Waals surface area contributed by atoms with Crippen molar-refractivity contribution in [2.24, 2.45) is 0 Å². The monoisotopic (exact) mass is 205 g/mol. The van der Waals surface area contributed by atoms with Crippen molar-refractivity contribution in [1.82, 2.24) is 0 Å². The van der Waals surface area contributed by atoms with Crippen LogP contribution in [-0.2, 0) is 4.79 Å². The van der Waals surface area contributed by atoms with Crippen LogP contribution in [0.1, 0.15) is 30.9 Å². The lowest BCUT2D eigenvalue weighted by Crippen LogP contribution is -2.04. The summed E-state index contributed by atoms with van der Waals surface area (Å²) in [5.74, 6) is 0.262. The van der Waals surface area contributed by atoms with Gasteiger partial charge in [-0.2, -0.15) is 0 Å². The standard InChI is InChI=1S/C13H19NO/c1-10-6-7-13(11(2)9-10)14-8-4-5-12(3)15/h6-7,9,14H,4-5,8H2,1-3H3. The largest absolute Gasteiger partial charge is 0.385 e. The molecule has 0 heterocycles. The van der Waals surface area contributed by atoms with Gasteiger partial charge in [-0.1, -0.05) is 17.7 Å². The summed E-state index contributed by atoms with van der Waals surface area (Å²) < 4.78 is 0. The van der Waals surface area contributed by atoms with Crippen LogP contribution in [0.5, 0.6) is 0 Å². The number of hydrogen-bond donors (Lipinski definition) is 1. The molecule has 1 rings (SSSR count). The minimum Gasteiger partial charge on any atom is -0.385 e. The molecule has 1 N–H and O–H groups in total. The summed E-state index contributed by atoms with van der Waals surface area (Å²) in [5, 5.41) is 3.34. The van der Waals surface area contributed by atoms with Crippen molar-refractivity contribution in [1.29, 1.82) is 0 Å². The van der Waals surface area contributed by atoms with Crippen molar-refractivity contribution >= 4 is 11.5 Å². The van der Waals surface area contributed by atoms with Crippen molar-refractivity contribution in [2.75, 3.05) is 11.9 Å². The van der Waals surface area contributed by atoms with Crippen LogP contribution in [0.4, 0.5) is 5.69 Å². The highest BCUT2D eigenvalue weighted by molar-refractivity contribution is 5.75. The number of Topliss-reactive ketones (excluding diaryl/α,β-unsaturated/α-hetero) is 1. The highest BCUT2D eigenvalue weighted by Crippen LogP contribution is 2.15. The Morgan fingerprint density at radius 1 is 1.33 bits per heavy atom. The van der Waals surface area contributed by atoms with Gasteiger partial charge in [-0.25, -0.2) is 0 Å². The Hall–Kier alpha value is -1.31. The van der Waals surface area contributed by atoms with Crippen molar-refractivity contribution in [3.05, 3.63) is 29.3 Å². The molecule has 0 spiro atoms. The second kappa shape index (κ2) is 5.54. The van der Waals surface area contributed by atoms with Crippen LogP contribution >= 0.6 is 0 Å². The SMILES string of the molecule is CC(=O)CCCNc1ccc(C)cc1C. The summed E-state index contributed by atoms with van der Waals surface area (Å²) in [6.45, 7) is 6.69. The maximum Gasteiger partial charge on any atom is 0.129 e. The number of hydrogen-bond acceptors (Lipinski definition) is 2. The number of carbonyl (C=O) groups is 1. The van der Waals surface area contributed by atoms with Crippen molar-refractivity contribution < 1.29 is 4.79 Å². The predicted octanol–water partition coefficient (Wildman–Crippen LogP) is 3.08. The quantitative estimate of drug-likeness (QED) is 0.748. The van der Waals surface area contributed by atoms with Crippen LogP contribution in [0, 0.1) is 13.8 Å². The van der Waals surface area contributed by atoms with E-state index < -0.39 is 0 Å². The van der Waals surface area contributed by atoms with Gasteiger partial charge in [-0.05, 0) is 38.8 Å². The number of anilines is 1. The van der Waals surface area contributed by atoms with Gasteiger partial charge in [-0.15, -0.1) is 0 Å². The van der Waals surface area contributed by atoms with Gasteiger partial charge in [-0.3, -0.25) is 0 Å². The topological polar surface area (TPSA) is 29.1 Å². The van der Waals surface area contributed by atoms with E-state index in [0.717, 1.165) is 13.0 Å². The molecule has 0 saturated heterocycles. The Balaban J connectivity index is 2.40.